The van der Waals surface area contributed by atoms with Gasteiger partial charge in [0.25, 0.3) is 0 Å². The van der Waals surface area contributed by atoms with Crippen LogP contribution < -0.4 is 10.0 Å². The van der Waals surface area contributed by atoms with Crippen LogP contribution >= 0.6 is 0 Å². The van der Waals surface area contributed by atoms with Crippen LogP contribution in [0.5, 0.6) is 0 Å². The number of anilines is 1. The standard InChI is InChI=1S/C21H28N4O4S/c1-5-7-16-20(21-22-18(26)10-11-19(27)25(21)23-16)15-9-8-13(3)17(12-15)30(28,29)24-14(4)6-2/h8-9,12,14,24H,5-7,10-11H2,1-4H3,(H,22,26)/t14-/m0/s1. The Kier molecular flexibility index (Phi) is 6.42. The zero-order valence-corrected chi connectivity index (χ0v) is 18.6. The van der Waals surface area contributed by atoms with E-state index in [1.54, 1.807) is 25.1 Å². The van der Waals surface area contributed by atoms with Gasteiger partial charge in [0.1, 0.15) is 5.82 Å². The molecule has 0 radical (unpaired) electrons. The lowest BCUT2D eigenvalue weighted by atomic mass is 10.0. The fraction of sp³-hybridized carbons (Fsp3) is 0.476. The number of hydrogen-bond acceptors (Lipinski definition) is 5. The highest BCUT2D eigenvalue weighted by atomic mass is 32.2. The Bertz CT molecular complexity index is 1090. The number of hydrogen-bond donors (Lipinski definition) is 2. The SMILES string of the molecule is CCCc1nn2c(c1-c1ccc(C)c(S(=O)(=O)N[C@@H](C)CC)c1)NC(=O)CCC2=O. The zero-order valence-electron chi connectivity index (χ0n) is 17.8. The molecule has 1 aliphatic heterocycles. The molecule has 1 aliphatic rings. The van der Waals surface area contributed by atoms with Gasteiger partial charge in [-0.2, -0.15) is 9.78 Å². The second-order valence-corrected chi connectivity index (χ2v) is 9.37. The van der Waals surface area contributed by atoms with E-state index in [2.05, 4.69) is 15.1 Å². The molecular formula is C21H28N4O4S. The third-order valence-corrected chi connectivity index (χ3v) is 6.97. The highest BCUT2D eigenvalue weighted by Crippen LogP contribution is 2.36. The van der Waals surface area contributed by atoms with E-state index in [-0.39, 0.29) is 35.6 Å². The molecule has 0 fully saturated rings. The highest BCUT2D eigenvalue weighted by Gasteiger charge is 2.28. The molecule has 2 aromatic rings. The average molecular weight is 433 g/mol. The molecule has 1 amide bonds. The molecule has 2 N–H and O–H groups in total. The van der Waals surface area contributed by atoms with Crippen LogP contribution in [-0.2, 0) is 21.2 Å². The van der Waals surface area contributed by atoms with E-state index in [1.165, 1.54) is 4.68 Å². The maximum absolute atomic E-state index is 12.9. The van der Waals surface area contributed by atoms with Gasteiger partial charge in [-0.3, -0.25) is 9.59 Å². The number of carbonyl (C=O) groups is 2. The Labute approximate surface area is 177 Å². The van der Waals surface area contributed by atoms with Gasteiger partial charge in [-0.25, -0.2) is 13.1 Å². The average Bonchev–Trinajstić information content (AvgIpc) is 2.97. The van der Waals surface area contributed by atoms with Crippen molar-refractivity contribution in [3.8, 4) is 11.1 Å². The summed E-state index contributed by atoms with van der Waals surface area (Å²) in [6.45, 7) is 7.46. The second-order valence-electron chi connectivity index (χ2n) is 7.68. The number of benzene rings is 1. The monoisotopic (exact) mass is 432 g/mol. The van der Waals surface area contributed by atoms with Gasteiger partial charge in [-0.05, 0) is 43.9 Å². The van der Waals surface area contributed by atoms with Crippen LogP contribution in [0.25, 0.3) is 11.1 Å². The minimum atomic E-state index is -3.72. The largest absolute Gasteiger partial charge is 0.310 e. The smallest absolute Gasteiger partial charge is 0.249 e. The van der Waals surface area contributed by atoms with Gasteiger partial charge in [0.05, 0.1) is 10.6 Å². The molecule has 3 rings (SSSR count). The van der Waals surface area contributed by atoms with E-state index in [1.807, 2.05) is 20.8 Å². The normalized spacial score (nSPS) is 15.5. The number of rotatable bonds is 7. The third-order valence-electron chi connectivity index (χ3n) is 5.24. The Hall–Kier alpha value is -2.52. The molecule has 8 nitrogen and oxygen atoms in total. The van der Waals surface area contributed by atoms with Crippen molar-refractivity contribution in [2.75, 3.05) is 5.32 Å². The van der Waals surface area contributed by atoms with E-state index in [4.69, 9.17) is 0 Å². The fourth-order valence-electron chi connectivity index (χ4n) is 3.45. The predicted octanol–water partition coefficient (Wildman–Crippen LogP) is 3.26. The first-order valence-corrected chi connectivity index (χ1v) is 11.7. The summed E-state index contributed by atoms with van der Waals surface area (Å²) in [7, 11) is -3.72. The number of nitrogens with zero attached hydrogens (tertiary/aromatic N) is 2. The number of aryl methyl sites for hydroxylation is 2. The Morgan fingerprint density at radius 1 is 1.23 bits per heavy atom. The Morgan fingerprint density at radius 2 is 1.97 bits per heavy atom. The molecule has 0 aliphatic carbocycles. The van der Waals surface area contributed by atoms with Crippen LogP contribution in [0.3, 0.4) is 0 Å². The molecule has 0 unspecified atom stereocenters. The molecule has 1 atom stereocenters. The van der Waals surface area contributed by atoms with Gasteiger partial charge in [-0.1, -0.05) is 32.4 Å². The number of fused-ring (bicyclic) bond motifs is 1. The predicted molar refractivity (Wildman–Crippen MR) is 115 cm³/mol. The van der Waals surface area contributed by atoms with Crippen LogP contribution in [-0.4, -0.2) is 36.1 Å². The molecule has 0 saturated carbocycles. The summed E-state index contributed by atoms with van der Waals surface area (Å²) in [5.74, 6) is -0.205. The summed E-state index contributed by atoms with van der Waals surface area (Å²) in [4.78, 5) is 24.8. The van der Waals surface area contributed by atoms with E-state index in [0.29, 0.717) is 41.0 Å². The van der Waals surface area contributed by atoms with E-state index in [9.17, 15) is 18.0 Å². The van der Waals surface area contributed by atoms with Crippen molar-refractivity contribution in [3.63, 3.8) is 0 Å². The molecule has 0 spiro atoms. The van der Waals surface area contributed by atoms with Crippen LogP contribution in [0.1, 0.15) is 62.5 Å². The van der Waals surface area contributed by atoms with E-state index < -0.39 is 10.0 Å². The van der Waals surface area contributed by atoms with Gasteiger partial charge in [0, 0.05) is 24.4 Å². The lowest BCUT2D eigenvalue weighted by Gasteiger charge is -2.15. The maximum atomic E-state index is 12.9. The number of aromatic nitrogens is 2. The van der Waals surface area contributed by atoms with E-state index in [0.717, 1.165) is 6.42 Å². The molecule has 9 heteroatoms. The summed E-state index contributed by atoms with van der Waals surface area (Å²) >= 11 is 0. The summed E-state index contributed by atoms with van der Waals surface area (Å²) in [6.07, 6.45) is 2.23. The lowest BCUT2D eigenvalue weighted by Crippen LogP contribution is -2.32. The molecule has 2 heterocycles. The Morgan fingerprint density at radius 3 is 2.63 bits per heavy atom. The van der Waals surface area contributed by atoms with Crippen molar-refractivity contribution in [3.05, 3.63) is 29.5 Å². The number of amides is 1. The minimum absolute atomic E-state index is 0.0812. The number of nitrogens with one attached hydrogen (secondary N) is 2. The van der Waals surface area contributed by atoms with Crippen LogP contribution in [0.2, 0.25) is 0 Å². The summed E-state index contributed by atoms with van der Waals surface area (Å²) in [6, 6.07) is 4.94. The maximum Gasteiger partial charge on any atom is 0.249 e. The zero-order chi connectivity index (χ0) is 22.1. The van der Waals surface area contributed by atoms with Gasteiger partial charge in [0.15, 0.2) is 0 Å². The van der Waals surface area contributed by atoms with Gasteiger partial charge >= 0.3 is 0 Å². The Balaban J connectivity index is 2.19. The second kappa shape index (κ2) is 8.69. The summed E-state index contributed by atoms with van der Waals surface area (Å²) < 4.78 is 29.8. The van der Waals surface area contributed by atoms with Gasteiger partial charge in [0.2, 0.25) is 21.8 Å². The van der Waals surface area contributed by atoms with Crippen LogP contribution in [0, 0.1) is 6.92 Å². The minimum Gasteiger partial charge on any atom is -0.310 e. The van der Waals surface area contributed by atoms with E-state index >= 15 is 0 Å². The summed E-state index contributed by atoms with van der Waals surface area (Å²) in [5, 5.41) is 7.24. The molecule has 1 aromatic heterocycles. The number of carbonyl (C=O) groups excluding carboxylic acids is 2. The van der Waals surface area contributed by atoms with Crippen LogP contribution in [0.4, 0.5) is 5.82 Å². The number of sulfonamides is 1. The quantitative estimate of drug-likeness (QED) is 0.698. The van der Waals surface area contributed by atoms with Crippen molar-refractivity contribution in [2.24, 2.45) is 0 Å². The van der Waals surface area contributed by atoms with Crippen LogP contribution in [0.15, 0.2) is 23.1 Å². The molecule has 0 saturated heterocycles. The van der Waals surface area contributed by atoms with Crippen molar-refractivity contribution in [1.29, 1.82) is 0 Å². The van der Waals surface area contributed by atoms with Crippen molar-refractivity contribution in [2.45, 2.75) is 70.7 Å². The fourth-order valence-corrected chi connectivity index (χ4v) is 5.05. The highest BCUT2D eigenvalue weighted by molar-refractivity contribution is 7.89. The molecular weight excluding hydrogens is 404 g/mol. The lowest BCUT2D eigenvalue weighted by molar-refractivity contribution is -0.116. The van der Waals surface area contributed by atoms with Gasteiger partial charge < -0.3 is 5.32 Å². The summed E-state index contributed by atoms with van der Waals surface area (Å²) in [5.41, 5.74) is 2.47. The third kappa shape index (κ3) is 4.32. The molecule has 1 aromatic carbocycles. The molecule has 30 heavy (non-hydrogen) atoms. The first-order chi connectivity index (χ1) is 14.2. The van der Waals surface area contributed by atoms with Gasteiger partial charge in [-0.15, -0.1) is 0 Å². The first kappa shape index (κ1) is 22.2. The molecule has 162 valence electrons. The van der Waals surface area contributed by atoms with Crippen molar-refractivity contribution in [1.82, 2.24) is 14.5 Å². The topological polar surface area (TPSA) is 110 Å². The first-order valence-electron chi connectivity index (χ1n) is 10.3. The molecule has 0 bridgehead atoms. The van der Waals surface area contributed by atoms with Crippen molar-refractivity contribution < 1.29 is 18.0 Å². The van der Waals surface area contributed by atoms with Crippen molar-refractivity contribution >= 4 is 27.7 Å².